The van der Waals surface area contributed by atoms with Gasteiger partial charge in [0.05, 0.1) is 17.9 Å². The molecule has 2 aromatic heterocycles. The minimum Gasteiger partial charge on any atom is -0.476 e. The maximum atomic E-state index is 10.8. The van der Waals surface area contributed by atoms with Gasteiger partial charge in [0.1, 0.15) is 0 Å². The lowest BCUT2D eigenvalue weighted by Crippen LogP contribution is -2.47. The molecule has 8 heteroatoms. The number of rotatable bonds is 4. The SMILES string of the molecule is Cc1nn(C)c(C)c1CN1CC(n2cc(C(=O)O)nn2)C1. The molecule has 0 saturated carbocycles. The summed E-state index contributed by atoms with van der Waals surface area (Å²) >= 11 is 0. The van der Waals surface area contributed by atoms with Crippen LogP contribution in [-0.2, 0) is 13.6 Å². The van der Waals surface area contributed by atoms with Crippen molar-refractivity contribution in [1.82, 2.24) is 29.7 Å². The van der Waals surface area contributed by atoms with Crippen LogP contribution in [0.15, 0.2) is 6.20 Å². The van der Waals surface area contributed by atoms with Crippen molar-refractivity contribution < 1.29 is 9.90 Å². The minimum atomic E-state index is -1.04. The Hall–Kier alpha value is -2.22. The number of nitrogens with zero attached hydrogens (tertiary/aromatic N) is 6. The molecular weight excluding hydrogens is 272 g/mol. The fraction of sp³-hybridized carbons (Fsp3) is 0.538. The number of hydrogen-bond acceptors (Lipinski definition) is 5. The van der Waals surface area contributed by atoms with E-state index >= 15 is 0 Å². The van der Waals surface area contributed by atoms with Crippen molar-refractivity contribution >= 4 is 5.97 Å². The fourth-order valence-electron chi connectivity index (χ4n) is 2.66. The Kier molecular flexibility index (Phi) is 3.25. The highest BCUT2D eigenvalue weighted by Crippen LogP contribution is 2.24. The number of aryl methyl sites for hydroxylation is 2. The number of carboxylic acid groups (broad SMARTS) is 1. The van der Waals surface area contributed by atoms with E-state index in [0.29, 0.717) is 0 Å². The lowest BCUT2D eigenvalue weighted by atomic mass is 10.1. The molecule has 0 aliphatic carbocycles. The summed E-state index contributed by atoms with van der Waals surface area (Å²) < 4.78 is 3.54. The Balaban J connectivity index is 1.61. The van der Waals surface area contributed by atoms with Crippen LogP contribution in [0.2, 0.25) is 0 Å². The number of aromatic nitrogens is 5. The van der Waals surface area contributed by atoms with Gasteiger partial charge in [-0.3, -0.25) is 9.58 Å². The summed E-state index contributed by atoms with van der Waals surface area (Å²) in [7, 11) is 1.95. The van der Waals surface area contributed by atoms with E-state index in [-0.39, 0.29) is 11.7 Å². The van der Waals surface area contributed by atoms with E-state index in [9.17, 15) is 4.79 Å². The van der Waals surface area contributed by atoms with Crippen LogP contribution in [0.5, 0.6) is 0 Å². The third-order valence-corrected chi connectivity index (χ3v) is 4.08. The van der Waals surface area contributed by atoms with Crippen molar-refractivity contribution in [2.45, 2.75) is 26.4 Å². The van der Waals surface area contributed by atoms with E-state index in [1.54, 1.807) is 4.68 Å². The standard InChI is InChI=1S/C13H18N6O2/c1-8-11(9(2)17(3)15-8)6-18-4-10(5-18)19-7-12(13(20)21)14-16-19/h7,10H,4-6H2,1-3H3,(H,20,21). The quantitative estimate of drug-likeness (QED) is 0.876. The van der Waals surface area contributed by atoms with E-state index in [2.05, 4.69) is 27.2 Å². The normalized spacial score (nSPS) is 16.1. The zero-order valence-electron chi connectivity index (χ0n) is 12.3. The van der Waals surface area contributed by atoms with Crippen molar-refractivity contribution in [1.29, 1.82) is 0 Å². The second-order valence-electron chi connectivity index (χ2n) is 5.51. The molecule has 8 nitrogen and oxygen atoms in total. The van der Waals surface area contributed by atoms with Crippen molar-refractivity contribution in [2.24, 2.45) is 7.05 Å². The molecule has 0 amide bonds. The molecule has 1 aliphatic rings. The summed E-state index contributed by atoms with van der Waals surface area (Å²) in [5.41, 5.74) is 3.51. The molecule has 3 heterocycles. The molecule has 0 spiro atoms. The second kappa shape index (κ2) is 4.96. The molecule has 1 aliphatic heterocycles. The van der Waals surface area contributed by atoms with Crippen LogP contribution in [0.4, 0.5) is 0 Å². The summed E-state index contributed by atoms with van der Waals surface area (Å²) in [6, 6.07) is 0.197. The molecule has 1 fully saturated rings. The first-order valence-corrected chi connectivity index (χ1v) is 6.82. The zero-order valence-corrected chi connectivity index (χ0v) is 12.3. The Morgan fingerprint density at radius 1 is 1.43 bits per heavy atom. The van der Waals surface area contributed by atoms with Gasteiger partial charge in [-0.2, -0.15) is 5.10 Å². The highest BCUT2D eigenvalue weighted by Gasteiger charge is 2.30. The molecular formula is C13H18N6O2. The average molecular weight is 290 g/mol. The Morgan fingerprint density at radius 2 is 2.14 bits per heavy atom. The first-order valence-electron chi connectivity index (χ1n) is 6.82. The van der Waals surface area contributed by atoms with E-state index < -0.39 is 5.97 Å². The van der Waals surface area contributed by atoms with Gasteiger partial charge < -0.3 is 5.11 Å². The third kappa shape index (κ3) is 2.42. The molecule has 21 heavy (non-hydrogen) atoms. The predicted octanol–water partition coefficient (Wildman–Crippen LogP) is 0.384. The molecule has 0 atom stereocenters. The number of aromatic carboxylic acids is 1. The van der Waals surface area contributed by atoms with Crippen molar-refractivity contribution in [3.63, 3.8) is 0 Å². The number of hydrogen-bond donors (Lipinski definition) is 1. The van der Waals surface area contributed by atoms with Gasteiger partial charge in [0.25, 0.3) is 0 Å². The smallest absolute Gasteiger partial charge is 0.358 e. The first-order chi connectivity index (χ1) is 9.95. The average Bonchev–Trinajstić information content (AvgIpc) is 2.93. The number of carbonyl (C=O) groups is 1. The van der Waals surface area contributed by atoms with E-state index in [4.69, 9.17) is 5.11 Å². The van der Waals surface area contributed by atoms with Crippen molar-refractivity contribution in [3.8, 4) is 0 Å². The summed E-state index contributed by atoms with van der Waals surface area (Å²) in [6.45, 7) is 6.65. The summed E-state index contributed by atoms with van der Waals surface area (Å²) in [4.78, 5) is 13.1. The summed E-state index contributed by atoms with van der Waals surface area (Å²) in [6.07, 6.45) is 1.49. The predicted molar refractivity (Wildman–Crippen MR) is 74.0 cm³/mol. The van der Waals surface area contributed by atoms with E-state index in [1.165, 1.54) is 17.5 Å². The molecule has 3 rings (SSSR count). The van der Waals surface area contributed by atoms with Gasteiger partial charge in [-0.15, -0.1) is 5.10 Å². The lowest BCUT2D eigenvalue weighted by molar-refractivity contribution is 0.0690. The van der Waals surface area contributed by atoms with Gasteiger partial charge >= 0.3 is 5.97 Å². The monoisotopic (exact) mass is 290 g/mol. The topological polar surface area (TPSA) is 89.1 Å². The van der Waals surface area contributed by atoms with Crippen molar-refractivity contribution in [3.05, 3.63) is 28.8 Å². The zero-order chi connectivity index (χ0) is 15.1. The molecule has 112 valence electrons. The van der Waals surface area contributed by atoms with Crippen LogP contribution in [0.1, 0.15) is 33.5 Å². The molecule has 0 unspecified atom stereocenters. The maximum Gasteiger partial charge on any atom is 0.358 e. The van der Waals surface area contributed by atoms with Gasteiger partial charge in [-0.25, -0.2) is 9.48 Å². The number of carboxylic acids is 1. The van der Waals surface area contributed by atoms with Crippen LogP contribution in [0.3, 0.4) is 0 Å². The highest BCUT2D eigenvalue weighted by molar-refractivity contribution is 5.84. The fourth-order valence-corrected chi connectivity index (χ4v) is 2.66. The number of likely N-dealkylation sites (tertiary alicyclic amines) is 1. The van der Waals surface area contributed by atoms with Crippen LogP contribution >= 0.6 is 0 Å². The van der Waals surface area contributed by atoms with Crippen LogP contribution < -0.4 is 0 Å². The van der Waals surface area contributed by atoms with E-state index in [0.717, 1.165) is 25.3 Å². The molecule has 0 aromatic carbocycles. The lowest BCUT2D eigenvalue weighted by Gasteiger charge is -2.38. The van der Waals surface area contributed by atoms with Gasteiger partial charge in [-0.05, 0) is 13.8 Å². The Labute approximate surface area is 122 Å². The Morgan fingerprint density at radius 3 is 2.67 bits per heavy atom. The maximum absolute atomic E-state index is 10.8. The van der Waals surface area contributed by atoms with Gasteiger partial charge in [-0.1, -0.05) is 5.21 Å². The Bertz CT molecular complexity index is 683. The van der Waals surface area contributed by atoms with Crippen LogP contribution in [0, 0.1) is 13.8 Å². The second-order valence-corrected chi connectivity index (χ2v) is 5.51. The van der Waals surface area contributed by atoms with Crippen LogP contribution in [0.25, 0.3) is 0 Å². The van der Waals surface area contributed by atoms with Gasteiger partial charge in [0.15, 0.2) is 5.69 Å². The largest absolute Gasteiger partial charge is 0.476 e. The molecule has 1 N–H and O–H groups in total. The van der Waals surface area contributed by atoms with E-state index in [1.807, 2.05) is 18.7 Å². The third-order valence-electron chi connectivity index (χ3n) is 4.08. The van der Waals surface area contributed by atoms with Gasteiger partial charge in [0.2, 0.25) is 0 Å². The first kappa shape index (κ1) is 13.7. The van der Waals surface area contributed by atoms with Crippen molar-refractivity contribution in [2.75, 3.05) is 13.1 Å². The highest BCUT2D eigenvalue weighted by atomic mass is 16.4. The molecule has 0 bridgehead atoms. The molecule has 1 saturated heterocycles. The summed E-state index contributed by atoms with van der Waals surface area (Å²) in [5, 5.41) is 20.8. The van der Waals surface area contributed by atoms with Crippen LogP contribution in [-0.4, -0.2) is 53.8 Å². The van der Waals surface area contributed by atoms with Gasteiger partial charge in [0, 0.05) is 37.9 Å². The molecule has 2 aromatic rings. The summed E-state index contributed by atoms with van der Waals surface area (Å²) in [5.74, 6) is -1.04. The molecule has 0 radical (unpaired) electrons. The minimum absolute atomic E-state index is 0.00704.